The number of benzene rings is 2. The number of hydrazine groups is 1. The van der Waals surface area contributed by atoms with Gasteiger partial charge in [0.1, 0.15) is 6.33 Å². The van der Waals surface area contributed by atoms with Crippen molar-refractivity contribution in [1.82, 2.24) is 9.97 Å². The van der Waals surface area contributed by atoms with Crippen molar-refractivity contribution in [1.29, 1.82) is 0 Å². The molecule has 29 heavy (non-hydrogen) atoms. The lowest BCUT2D eigenvalue weighted by Gasteiger charge is -2.13. The van der Waals surface area contributed by atoms with Gasteiger partial charge >= 0.3 is 5.69 Å². The minimum Gasteiger partial charge on any atom is -0.334 e. The van der Waals surface area contributed by atoms with Crippen LogP contribution in [0.5, 0.6) is 0 Å². The lowest BCUT2D eigenvalue weighted by molar-refractivity contribution is -0.384. The summed E-state index contributed by atoms with van der Waals surface area (Å²) < 4.78 is 0. The number of para-hydroxylation sites is 1. The Balaban J connectivity index is 1.85. The van der Waals surface area contributed by atoms with E-state index in [9.17, 15) is 20.2 Å². The van der Waals surface area contributed by atoms with E-state index in [1.54, 1.807) is 0 Å². The quantitative estimate of drug-likeness (QED) is 0.379. The number of rotatable bonds is 8. The fraction of sp³-hybridized carbons (Fsp3) is 0.111. The van der Waals surface area contributed by atoms with E-state index in [2.05, 4.69) is 26.1 Å². The molecule has 11 heteroatoms. The topological polar surface area (TPSA) is 148 Å². The number of nitrogens with one attached hydrogen (secondary N) is 3. The fourth-order valence-electron chi connectivity index (χ4n) is 2.61. The van der Waals surface area contributed by atoms with Gasteiger partial charge in [-0.25, -0.2) is 9.97 Å². The van der Waals surface area contributed by atoms with Crippen LogP contribution in [0, 0.1) is 20.2 Å². The van der Waals surface area contributed by atoms with Gasteiger partial charge in [-0.3, -0.25) is 31.1 Å². The third kappa shape index (κ3) is 4.53. The highest BCUT2D eigenvalue weighted by Crippen LogP contribution is 2.32. The average molecular weight is 395 g/mol. The molecule has 0 spiro atoms. The highest BCUT2D eigenvalue weighted by Gasteiger charge is 2.23. The van der Waals surface area contributed by atoms with E-state index in [0.717, 1.165) is 12.0 Å². The normalized spacial score (nSPS) is 10.2. The smallest absolute Gasteiger partial charge is 0.334 e. The van der Waals surface area contributed by atoms with E-state index in [0.29, 0.717) is 11.4 Å². The maximum atomic E-state index is 11.7. The second kappa shape index (κ2) is 8.61. The van der Waals surface area contributed by atoms with Gasteiger partial charge in [0.2, 0.25) is 11.6 Å². The monoisotopic (exact) mass is 395 g/mol. The molecule has 0 aliphatic heterocycles. The molecule has 0 saturated carbocycles. The molecule has 0 aliphatic rings. The van der Waals surface area contributed by atoms with Crippen LogP contribution in [-0.2, 0) is 6.42 Å². The minimum absolute atomic E-state index is 0.0406. The molecule has 3 N–H and O–H groups in total. The third-order valence-corrected chi connectivity index (χ3v) is 4.06. The highest BCUT2D eigenvalue weighted by atomic mass is 16.6. The molecular weight excluding hydrogens is 378 g/mol. The predicted molar refractivity (Wildman–Crippen MR) is 108 cm³/mol. The molecular formula is C18H17N7O4. The lowest BCUT2D eigenvalue weighted by atomic mass is 10.1. The zero-order chi connectivity index (χ0) is 20.8. The molecule has 11 nitrogen and oxygen atoms in total. The Morgan fingerprint density at radius 1 is 0.897 bits per heavy atom. The second-order valence-corrected chi connectivity index (χ2v) is 5.87. The molecule has 1 heterocycles. The first kappa shape index (κ1) is 19.5. The molecule has 0 saturated heterocycles. The summed E-state index contributed by atoms with van der Waals surface area (Å²) in [6.07, 6.45) is 1.94. The van der Waals surface area contributed by atoms with Crippen LogP contribution in [0.25, 0.3) is 0 Å². The van der Waals surface area contributed by atoms with E-state index < -0.39 is 9.85 Å². The Morgan fingerprint density at radius 2 is 1.59 bits per heavy atom. The van der Waals surface area contributed by atoms with Crippen LogP contribution in [0.2, 0.25) is 0 Å². The molecule has 0 bridgehead atoms. The van der Waals surface area contributed by atoms with Crippen molar-refractivity contribution in [3.63, 3.8) is 0 Å². The molecule has 2 aromatic carbocycles. The van der Waals surface area contributed by atoms with Crippen molar-refractivity contribution in [2.24, 2.45) is 0 Å². The van der Waals surface area contributed by atoms with Gasteiger partial charge in [-0.15, -0.1) is 0 Å². The molecule has 0 fully saturated rings. The number of anilines is 4. The average Bonchev–Trinajstić information content (AvgIpc) is 2.72. The van der Waals surface area contributed by atoms with Crippen molar-refractivity contribution in [2.45, 2.75) is 13.3 Å². The fourth-order valence-corrected chi connectivity index (χ4v) is 2.61. The van der Waals surface area contributed by atoms with Gasteiger partial charge in [-0.2, -0.15) is 0 Å². The molecule has 0 unspecified atom stereocenters. The summed E-state index contributed by atoms with van der Waals surface area (Å²) in [4.78, 5) is 29.2. The maximum absolute atomic E-state index is 11.7. The predicted octanol–water partition coefficient (Wildman–Crippen LogP) is 4.04. The van der Waals surface area contributed by atoms with Gasteiger partial charge in [0.15, 0.2) is 0 Å². The molecule has 0 radical (unpaired) electrons. The summed E-state index contributed by atoms with van der Waals surface area (Å²) in [7, 11) is 0. The highest BCUT2D eigenvalue weighted by molar-refractivity contribution is 5.75. The number of aromatic nitrogens is 2. The number of nitrogens with zero attached hydrogens (tertiary/aromatic N) is 4. The zero-order valence-electron chi connectivity index (χ0n) is 15.3. The summed E-state index contributed by atoms with van der Waals surface area (Å²) in [5.41, 5.74) is 7.16. The Kier molecular flexibility index (Phi) is 5.78. The first-order valence-corrected chi connectivity index (χ1v) is 8.60. The number of nitro benzene ring substituents is 1. The van der Waals surface area contributed by atoms with E-state index in [1.807, 2.05) is 31.2 Å². The standard InChI is InChI=1S/C18H17N7O4/c1-2-12-5-3-4-6-15(12)21-17-16(25(28)29)18(20-11-19-17)23-22-13-7-9-14(10-8-13)24(26)27/h3-11,22H,2H2,1H3,(H2,19,20,21,23). The van der Waals surface area contributed by atoms with E-state index in [4.69, 9.17) is 0 Å². The summed E-state index contributed by atoms with van der Waals surface area (Å²) >= 11 is 0. The zero-order valence-corrected chi connectivity index (χ0v) is 15.3. The lowest BCUT2D eigenvalue weighted by Crippen LogP contribution is -2.13. The number of hydrogen-bond donors (Lipinski definition) is 3. The first-order valence-electron chi connectivity index (χ1n) is 8.60. The van der Waals surface area contributed by atoms with Gasteiger partial charge < -0.3 is 5.32 Å². The second-order valence-electron chi connectivity index (χ2n) is 5.87. The Hall–Kier alpha value is -4.28. The van der Waals surface area contributed by atoms with Gasteiger partial charge in [-0.05, 0) is 30.2 Å². The van der Waals surface area contributed by atoms with E-state index >= 15 is 0 Å². The molecule has 0 amide bonds. The minimum atomic E-state index is -0.587. The van der Waals surface area contributed by atoms with Crippen molar-refractivity contribution in [2.75, 3.05) is 16.2 Å². The Morgan fingerprint density at radius 3 is 2.24 bits per heavy atom. The van der Waals surface area contributed by atoms with Crippen molar-refractivity contribution in [3.05, 3.63) is 80.7 Å². The number of non-ortho nitro benzene ring substituents is 1. The molecule has 0 atom stereocenters. The van der Waals surface area contributed by atoms with Crippen LogP contribution in [0.1, 0.15) is 12.5 Å². The van der Waals surface area contributed by atoms with Crippen molar-refractivity contribution >= 4 is 34.4 Å². The molecule has 1 aromatic heterocycles. The van der Waals surface area contributed by atoms with Crippen LogP contribution in [0.4, 0.5) is 34.4 Å². The Bertz CT molecular complexity index is 1040. The number of aryl methyl sites for hydroxylation is 1. The third-order valence-electron chi connectivity index (χ3n) is 4.06. The summed E-state index contributed by atoms with van der Waals surface area (Å²) in [6, 6.07) is 13.0. The van der Waals surface area contributed by atoms with Crippen LogP contribution in [0.15, 0.2) is 54.9 Å². The summed E-state index contributed by atoms with van der Waals surface area (Å²) in [6.45, 7) is 1.98. The SMILES string of the molecule is CCc1ccccc1Nc1ncnc(NNc2ccc([N+](=O)[O-])cc2)c1[N+](=O)[O-]. The van der Waals surface area contributed by atoms with Crippen LogP contribution < -0.4 is 16.2 Å². The summed E-state index contributed by atoms with van der Waals surface area (Å²) in [5.74, 6) is -0.0151. The van der Waals surface area contributed by atoms with E-state index in [-0.39, 0.29) is 23.0 Å². The number of hydrogen-bond acceptors (Lipinski definition) is 9. The number of nitro groups is 2. The largest absolute Gasteiger partial charge is 0.355 e. The van der Waals surface area contributed by atoms with Crippen LogP contribution in [-0.4, -0.2) is 19.8 Å². The molecule has 3 aromatic rings. The van der Waals surface area contributed by atoms with Gasteiger partial charge in [-0.1, -0.05) is 25.1 Å². The van der Waals surface area contributed by atoms with Gasteiger partial charge in [0.05, 0.1) is 15.5 Å². The van der Waals surface area contributed by atoms with Crippen molar-refractivity contribution in [3.8, 4) is 0 Å². The molecule has 3 rings (SSSR count). The van der Waals surface area contributed by atoms with Crippen LogP contribution >= 0.6 is 0 Å². The van der Waals surface area contributed by atoms with Gasteiger partial charge in [0, 0.05) is 17.8 Å². The Labute approximate surface area is 165 Å². The van der Waals surface area contributed by atoms with Gasteiger partial charge in [0.25, 0.3) is 5.69 Å². The molecule has 148 valence electrons. The van der Waals surface area contributed by atoms with E-state index in [1.165, 1.54) is 30.6 Å². The maximum Gasteiger partial charge on any atom is 0.355 e. The summed E-state index contributed by atoms with van der Waals surface area (Å²) in [5, 5.41) is 25.4. The van der Waals surface area contributed by atoms with Crippen molar-refractivity contribution < 1.29 is 9.85 Å². The first-order chi connectivity index (χ1) is 14.0. The van der Waals surface area contributed by atoms with Crippen LogP contribution in [0.3, 0.4) is 0 Å². The molecule has 0 aliphatic carbocycles.